The largest absolute Gasteiger partial charge is 0.298 e. The molecule has 0 aliphatic heterocycles. The molecule has 2 heterocycles. The summed E-state index contributed by atoms with van der Waals surface area (Å²) >= 11 is 8.87. The van der Waals surface area contributed by atoms with E-state index in [0.29, 0.717) is 15.7 Å². The fourth-order valence-electron chi connectivity index (χ4n) is 2.13. The molecule has 0 saturated heterocycles. The number of carbonyl (C=O) groups excluding carboxylic acids is 1. The molecule has 1 N–H and O–H groups in total. The van der Waals surface area contributed by atoms with Gasteiger partial charge in [0.05, 0.1) is 25.9 Å². The Morgan fingerprint density at radius 3 is 2.64 bits per heavy atom. The van der Waals surface area contributed by atoms with Crippen LogP contribution in [0, 0.1) is 0 Å². The maximum absolute atomic E-state index is 12.2. The van der Waals surface area contributed by atoms with Crippen LogP contribution in [-0.2, 0) is 0 Å². The van der Waals surface area contributed by atoms with Gasteiger partial charge in [0.15, 0.2) is 5.13 Å². The van der Waals surface area contributed by atoms with Gasteiger partial charge in [0.2, 0.25) is 0 Å². The number of thiazole rings is 2. The predicted molar refractivity (Wildman–Crippen MR) is 92.2 cm³/mol. The van der Waals surface area contributed by atoms with E-state index >= 15 is 0 Å². The summed E-state index contributed by atoms with van der Waals surface area (Å²) in [7, 11) is 0. The molecule has 108 valence electrons. The van der Waals surface area contributed by atoms with Crippen molar-refractivity contribution in [1.82, 2.24) is 9.97 Å². The lowest BCUT2D eigenvalue weighted by Crippen LogP contribution is -2.11. The molecule has 1 amide bonds. The highest BCUT2D eigenvalue weighted by molar-refractivity contribution is 7.28. The molecule has 2 aromatic carbocycles. The summed E-state index contributed by atoms with van der Waals surface area (Å²) in [5.41, 5.74) is 4.19. The van der Waals surface area contributed by atoms with Gasteiger partial charge in [0.25, 0.3) is 5.91 Å². The molecule has 7 heteroatoms. The Morgan fingerprint density at radius 2 is 1.82 bits per heavy atom. The molecule has 0 saturated carbocycles. The van der Waals surface area contributed by atoms with Gasteiger partial charge >= 0.3 is 0 Å². The van der Waals surface area contributed by atoms with Crippen molar-refractivity contribution >= 4 is 65.7 Å². The van der Waals surface area contributed by atoms with Crippen molar-refractivity contribution in [2.45, 2.75) is 0 Å². The number of nitrogens with zero attached hydrogens (tertiary/aromatic N) is 2. The lowest BCUT2D eigenvalue weighted by Gasteiger charge is -2.01. The third kappa shape index (κ3) is 2.35. The minimum Gasteiger partial charge on any atom is -0.298 e. The first-order chi connectivity index (χ1) is 10.7. The van der Waals surface area contributed by atoms with Crippen molar-refractivity contribution in [3.63, 3.8) is 0 Å². The van der Waals surface area contributed by atoms with Crippen LogP contribution >= 0.6 is 34.3 Å². The molecule has 2 aromatic heterocycles. The van der Waals surface area contributed by atoms with Gasteiger partial charge in [0, 0.05) is 10.6 Å². The van der Waals surface area contributed by atoms with E-state index in [9.17, 15) is 4.79 Å². The number of fused-ring (bicyclic) bond motifs is 3. The van der Waals surface area contributed by atoms with Crippen LogP contribution < -0.4 is 5.32 Å². The van der Waals surface area contributed by atoms with Gasteiger partial charge in [-0.25, -0.2) is 9.97 Å². The van der Waals surface area contributed by atoms with Crippen LogP contribution in [0.25, 0.3) is 20.4 Å². The van der Waals surface area contributed by atoms with Crippen molar-refractivity contribution in [2.24, 2.45) is 0 Å². The summed E-state index contributed by atoms with van der Waals surface area (Å²) in [5.74, 6) is -0.198. The fourth-order valence-corrected chi connectivity index (χ4v) is 4.15. The number of nitrogens with one attached hydrogen (secondary N) is 1. The maximum Gasteiger partial charge on any atom is 0.257 e. The zero-order valence-electron chi connectivity index (χ0n) is 11.0. The zero-order valence-corrected chi connectivity index (χ0v) is 13.4. The third-order valence-electron chi connectivity index (χ3n) is 3.18. The van der Waals surface area contributed by atoms with E-state index in [1.807, 2.05) is 17.6 Å². The van der Waals surface area contributed by atoms with Gasteiger partial charge in [-0.15, -0.1) is 11.3 Å². The molecule has 4 aromatic rings. The lowest BCUT2D eigenvalue weighted by molar-refractivity contribution is 0.102. The number of anilines is 1. The second-order valence-corrected chi connectivity index (χ2v) is 6.88. The highest BCUT2D eigenvalue weighted by atomic mass is 35.5. The first-order valence-electron chi connectivity index (χ1n) is 6.40. The SMILES string of the molecule is O=C(Nc1nc2ccc3ncsc3c2s1)c1ccc(Cl)cc1. The average molecular weight is 346 g/mol. The van der Waals surface area contributed by atoms with Crippen LogP contribution in [0.2, 0.25) is 5.02 Å². The Kier molecular flexibility index (Phi) is 3.29. The highest BCUT2D eigenvalue weighted by Crippen LogP contribution is 2.34. The van der Waals surface area contributed by atoms with Gasteiger partial charge in [0.1, 0.15) is 0 Å². The van der Waals surface area contributed by atoms with Crippen molar-refractivity contribution in [1.29, 1.82) is 0 Å². The number of hydrogen-bond acceptors (Lipinski definition) is 5. The van der Waals surface area contributed by atoms with Crippen molar-refractivity contribution in [3.8, 4) is 0 Å². The summed E-state index contributed by atoms with van der Waals surface area (Å²) in [5, 5.41) is 4.01. The van der Waals surface area contributed by atoms with E-state index in [-0.39, 0.29) is 5.91 Å². The molecule has 0 aliphatic rings. The summed E-state index contributed by atoms with van der Waals surface area (Å²) < 4.78 is 2.15. The first-order valence-corrected chi connectivity index (χ1v) is 8.48. The molecular formula is C15H8ClN3OS2. The van der Waals surface area contributed by atoms with E-state index in [1.165, 1.54) is 11.3 Å². The minimum atomic E-state index is -0.198. The molecule has 4 nitrogen and oxygen atoms in total. The van der Waals surface area contributed by atoms with E-state index in [4.69, 9.17) is 11.6 Å². The van der Waals surface area contributed by atoms with Gasteiger partial charge in [-0.1, -0.05) is 22.9 Å². The number of rotatable bonds is 2. The molecule has 22 heavy (non-hydrogen) atoms. The minimum absolute atomic E-state index is 0.198. The van der Waals surface area contributed by atoms with E-state index in [1.54, 1.807) is 35.6 Å². The van der Waals surface area contributed by atoms with Crippen molar-refractivity contribution in [2.75, 3.05) is 5.32 Å². The van der Waals surface area contributed by atoms with Crippen LogP contribution in [0.5, 0.6) is 0 Å². The lowest BCUT2D eigenvalue weighted by atomic mass is 10.2. The van der Waals surface area contributed by atoms with Crippen LogP contribution in [-0.4, -0.2) is 15.9 Å². The smallest absolute Gasteiger partial charge is 0.257 e. The number of amides is 1. The van der Waals surface area contributed by atoms with E-state index in [0.717, 1.165) is 20.4 Å². The van der Waals surface area contributed by atoms with Crippen LogP contribution in [0.1, 0.15) is 10.4 Å². The summed E-state index contributed by atoms with van der Waals surface area (Å²) in [6.07, 6.45) is 0. The normalized spacial score (nSPS) is 11.1. The first kappa shape index (κ1) is 13.6. The molecule has 0 radical (unpaired) electrons. The summed E-state index contributed by atoms with van der Waals surface area (Å²) in [6, 6.07) is 10.6. The Hall–Kier alpha value is -2.02. The van der Waals surface area contributed by atoms with Crippen LogP contribution in [0.3, 0.4) is 0 Å². The third-order valence-corrected chi connectivity index (χ3v) is 5.43. The van der Waals surface area contributed by atoms with Gasteiger partial charge < -0.3 is 0 Å². The molecule has 0 aliphatic carbocycles. The molecule has 0 fully saturated rings. The molecule has 0 bridgehead atoms. The van der Waals surface area contributed by atoms with Gasteiger partial charge in [-0.3, -0.25) is 10.1 Å². The van der Waals surface area contributed by atoms with Gasteiger partial charge in [-0.05, 0) is 36.4 Å². The molecule has 4 rings (SSSR count). The Morgan fingerprint density at radius 1 is 1.05 bits per heavy atom. The average Bonchev–Trinajstić information content (AvgIpc) is 3.12. The Bertz CT molecular complexity index is 991. The van der Waals surface area contributed by atoms with Gasteiger partial charge in [-0.2, -0.15) is 0 Å². The van der Waals surface area contributed by atoms with E-state index in [2.05, 4.69) is 15.3 Å². The maximum atomic E-state index is 12.2. The van der Waals surface area contributed by atoms with E-state index < -0.39 is 0 Å². The number of carbonyl (C=O) groups is 1. The number of halogens is 1. The molecule has 0 spiro atoms. The highest BCUT2D eigenvalue weighted by Gasteiger charge is 2.12. The number of benzene rings is 2. The zero-order chi connectivity index (χ0) is 15.1. The monoisotopic (exact) mass is 345 g/mol. The fraction of sp³-hybridized carbons (Fsp3) is 0. The Labute approximate surface area is 138 Å². The second kappa shape index (κ2) is 5.31. The number of aromatic nitrogens is 2. The topological polar surface area (TPSA) is 54.9 Å². The molecule has 0 unspecified atom stereocenters. The predicted octanol–water partition coefficient (Wildman–Crippen LogP) is 4.81. The summed E-state index contributed by atoms with van der Waals surface area (Å²) in [6.45, 7) is 0. The second-order valence-electron chi connectivity index (χ2n) is 4.59. The van der Waals surface area contributed by atoms with Crippen molar-refractivity contribution < 1.29 is 4.79 Å². The molecule has 0 atom stereocenters. The summed E-state index contributed by atoms with van der Waals surface area (Å²) in [4.78, 5) is 21.0. The quantitative estimate of drug-likeness (QED) is 0.567. The van der Waals surface area contributed by atoms with Crippen molar-refractivity contribution in [3.05, 3.63) is 52.5 Å². The van der Waals surface area contributed by atoms with Crippen LogP contribution in [0.15, 0.2) is 41.9 Å². The Balaban J connectivity index is 1.69. The standard InChI is InChI=1S/C15H8ClN3OS2/c16-9-3-1-8(2-4-9)14(20)19-15-18-11-6-5-10-12(13(11)22-15)21-7-17-10/h1-7H,(H,18,19,20). The molecular weight excluding hydrogens is 338 g/mol. The number of hydrogen-bond donors (Lipinski definition) is 1. The van der Waals surface area contributed by atoms with Crippen LogP contribution in [0.4, 0.5) is 5.13 Å².